The molecule has 2 rings (SSSR count). The molecule has 0 amide bonds. The highest BCUT2D eigenvalue weighted by molar-refractivity contribution is 5.69. The largest absolute Gasteiger partial charge is 0.469 e. The second-order valence-electron chi connectivity index (χ2n) is 4.08. The maximum absolute atomic E-state index is 11.0. The lowest BCUT2D eigenvalue weighted by Gasteiger charge is -2.10. The first-order valence-electron chi connectivity index (χ1n) is 6.16. The van der Waals surface area contributed by atoms with E-state index in [1.54, 1.807) is 6.20 Å². The smallest absolute Gasteiger partial charge is 0.306 e. The third kappa shape index (κ3) is 3.66. The molecular weight excluding hydrogens is 242 g/mol. The second kappa shape index (κ2) is 6.70. The van der Waals surface area contributed by atoms with Crippen molar-refractivity contribution in [2.75, 3.05) is 13.7 Å². The highest BCUT2D eigenvalue weighted by Gasteiger charge is 2.04. The van der Waals surface area contributed by atoms with Crippen molar-refractivity contribution in [2.24, 2.45) is 0 Å². The number of nitrogens with zero attached hydrogens (tertiary/aromatic N) is 2. The zero-order valence-electron chi connectivity index (χ0n) is 10.9. The maximum atomic E-state index is 11.0. The molecule has 0 unspecified atom stereocenters. The third-order valence-electron chi connectivity index (χ3n) is 2.79. The van der Waals surface area contributed by atoms with E-state index in [1.807, 2.05) is 41.2 Å². The minimum Gasteiger partial charge on any atom is -0.469 e. The number of rotatable bonds is 6. The molecule has 5 nitrogen and oxygen atoms in total. The number of carbonyl (C=O) groups is 1. The van der Waals surface area contributed by atoms with E-state index >= 15 is 0 Å². The number of para-hydroxylation sites is 1. The molecule has 0 spiro atoms. The van der Waals surface area contributed by atoms with Crippen molar-refractivity contribution in [3.05, 3.63) is 48.3 Å². The van der Waals surface area contributed by atoms with E-state index in [4.69, 9.17) is 0 Å². The topological polar surface area (TPSA) is 56.1 Å². The van der Waals surface area contributed by atoms with Crippen LogP contribution in [0.25, 0.3) is 5.69 Å². The lowest BCUT2D eigenvalue weighted by molar-refractivity contribution is -0.140. The van der Waals surface area contributed by atoms with Gasteiger partial charge in [-0.1, -0.05) is 18.2 Å². The third-order valence-corrected chi connectivity index (χ3v) is 2.79. The van der Waals surface area contributed by atoms with Gasteiger partial charge in [0.15, 0.2) is 0 Å². The second-order valence-corrected chi connectivity index (χ2v) is 4.08. The molecule has 0 bridgehead atoms. The number of aromatic nitrogens is 2. The van der Waals surface area contributed by atoms with E-state index in [0.717, 1.165) is 11.3 Å². The Bertz CT molecular complexity index is 523. The van der Waals surface area contributed by atoms with Crippen LogP contribution in [0.15, 0.2) is 42.7 Å². The molecule has 2 aromatic rings. The van der Waals surface area contributed by atoms with Gasteiger partial charge in [-0.05, 0) is 17.7 Å². The monoisotopic (exact) mass is 259 g/mol. The van der Waals surface area contributed by atoms with E-state index in [-0.39, 0.29) is 5.97 Å². The van der Waals surface area contributed by atoms with Crippen LogP contribution in [0.1, 0.15) is 12.0 Å². The van der Waals surface area contributed by atoms with Crippen molar-refractivity contribution in [3.8, 4) is 5.69 Å². The molecule has 0 aliphatic rings. The van der Waals surface area contributed by atoms with Crippen LogP contribution in [0.2, 0.25) is 0 Å². The normalized spacial score (nSPS) is 10.4. The molecule has 0 atom stereocenters. The molecule has 1 aromatic carbocycles. The summed E-state index contributed by atoms with van der Waals surface area (Å²) >= 11 is 0. The number of ether oxygens (including phenoxy) is 1. The highest BCUT2D eigenvalue weighted by Crippen LogP contribution is 2.12. The predicted molar refractivity (Wildman–Crippen MR) is 71.9 cm³/mol. The van der Waals surface area contributed by atoms with Crippen LogP contribution in [-0.4, -0.2) is 29.4 Å². The number of hydrogen-bond acceptors (Lipinski definition) is 4. The summed E-state index contributed by atoms with van der Waals surface area (Å²) in [5.41, 5.74) is 2.18. The summed E-state index contributed by atoms with van der Waals surface area (Å²) in [5.74, 6) is -0.201. The number of benzene rings is 1. The maximum Gasteiger partial charge on any atom is 0.306 e. The average Bonchev–Trinajstić information content (AvgIpc) is 2.97. The van der Waals surface area contributed by atoms with Crippen molar-refractivity contribution in [1.82, 2.24) is 15.1 Å². The number of esters is 1. The molecule has 0 saturated carbocycles. The molecule has 1 heterocycles. The zero-order valence-corrected chi connectivity index (χ0v) is 10.9. The summed E-state index contributed by atoms with van der Waals surface area (Å²) in [6.45, 7) is 1.28. The Morgan fingerprint density at radius 2 is 2.21 bits per heavy atom. The van der Waals surface area contributed by atoms with Gasteiger partial charge < -0.3 is 10.1 Å². The first kappa shape index (κ1) is 13.3. The summed E-state index contributed by atoms with van der Waals surface area (Å²) in [6, 6.07) is 9.92. The number of carbonyl (C=O) groups excluding carboxylic acids is 1. The van der Waals surface area contributed by atoms with Crippen molar-refractivity contribution >= 4 is 5.97 Å². The Kier molecular flexibility index (Phi) is 4.69. The van der Waals surface area contributed by atoms with Gasteiger partial charge in [-0.25, -0.2) is 4.68 Å². The molecule has 1 aromatic heterocycles. The van der Waals surface area contributed by atoms with Gasteiger partial charge in [0, 0.05) is 25.5 Å². The van der Waals surface area contributed by atoms with Crippen LogP contribution >= 0.6 is 0 Å². The molecule has 5 heteroatoms. The molecule has 0 aliphatic heterocycles. The average molecular weight is 259 g/mol. The highest BCUT2D eigenvalue weighted by atomic mass is 16.5. The van der Waals surface area contributed by atoms with Crippen molar-refractivity contribution in [1.29, 1.82) is 0 Å². The molecule has 19 heavy (non-hydrogen) atoms. The Hall–Kier alpha value is -2.14. The quantitative estimate of drug-likeness (QED) is 0.631. The Morgan fingerprint density at radius 1 is 1.37 bits per heavy atom. The summed E-state index contributed by atoms with van der Waals surface area (Å²) in [7, 11) is 1.40. The van der Waals surface area contributed by atoms with Gasteiger partial charge >= 0.3 is 5.97 Å². The van der Waals surface area contributed by atoms with E-state index in [2.05, 4.69) is 15.2 Å². The Morgan fingerprint density at radius 3 is 2.95 bits per heavy atom. The van der Waals surface area contributed by atoms with Crippen LogP contribution in [-0.2, 0) is 16.1 Å². The Balaban J connectivity index is 1.95. The zero-order chi connectivity index (χ0) is 13.5. The summed E-state index contributed by atoms with van der Waals surface area (Å²) in [6.07, 6.45) is 4.04. The van der Waals surface area contributed by atoms with Gasteiger partial charge in [0.05, 0.1) is 19.2 Å². The van der Waals surface area contributed by atoms with E-state index in [9.17, 15) is 4.79 Å². The summed E-state index contributed by atoms with van der Waals surface area (Å²) in [5, 5.41) is 7.46. The molecule has 100 valence electrons. The molecule has 0 aliphatic carbocycles. The van der Waals surface area contributed by atoms with E-state index in [1.165, 1.54) is 7.11 Å². The molecule has 0 saturated heterocycles. The number of nitrogens with one attached hydrogen (secondary N) is 1. The molecular formula is C14H17N3O2. The minimum atomic E-state index is -0.201. The fourth-order valence-corrected chi connectivity index (χ4v) is 1.81. The molecule has 0 radical (unpaired) electrons. The van der Waals surface area contributed by atoms with Gasteiger partial charge in [0.1, 0.15) is 0 Å². The van der Waals surface area contributed by atoms with Gasteiger partial charge in [0.25, 0.3) is 0 Å². The van der Waals surface area contributed by atoms with E-state index in [0.29, 0.717) is 19.5 Å². The minimum absolute atomic E-state index is 0.201. The predicted octanol–water partition coefficient (Wildman–Crippen LogP) is 1.52. The van der Waals surface area contributed by atoms with Crippen molar-refractivity contribution in [2.45, 2.75) is 13.0 Å². The van der Waals surface area contributed by atoms with Gasteiger partial charge in [0.2, 0.25) is 0 Å². The first-order chi connectivity index (χ1) is 9.31. The standard InChI is InChI=1S/C14H17N3O2/c1-19-14(18)7-9-15-11-12-5-2-3-6-13(12)17-10-4-8-16-17/h2-6,8,10,15H,7,9,11H2,1H3. The van der Waals surface area contributed by atoms with Gasteiger partial charge in [-0.3, -0.25) is 4.79 Å². The van der Waals surface area contributed by atoms with Crippen LogP contribution in [0.3, 0.4) is 0 Å². The number of methoxy groups -OCH3 is 1. The van der Waals surface area contributed by atoms with E-state index < -0.39 is 0 Å². The SMILES string of the molecule is COC(=O)CCNCc1ccccc1-n1cccn1. The summed E-state index contributed by atoms with van der Waals surface area (Å²) < 4.78 is 6.42. The summed E-state index contributed by atoms with van der Waals surface area (Å²) in [4.78, 5) is 11.0. The van der Waals surface area contributed by atoms with Gasteiger partial charge in [-0.2, -0.15) is 5.10 Å². The van der Waals surface area contributed by atoms with Crippen LogP contribution < -0.4 is 5.32 Å². The van der Waals surface area contributed by atoms with Crippen molar-refractivity contribution < 1.29 is 9.53 Å². The number of hydrogen-bond donors (Lipinski definition) is 1. The fourth-order valence-electron chi connectivity index (χ4n) is 1.81. The van der Waals surface area contributed by atoms with Crippen LogP contribution in [0.5, 0.6) is 0 Å². The lowest BCUT2D eigenvalue weighted by Crippen LogP contribution is -2.19. The van der Waals surface area contributed by atoms with Crippen LogP contribution in [0, 0.1) is 0 Å². The van der Waals surface area contributed by atoms with Crippen LogP contribution in [0.4, 0.5) is 0 Å². The first-order valence-corrected chi connectivity index (χ1v) is 6.16. The molecule has 0 fully saturated rings. The van der Waals surface area contributed by atoms with Crippen molar-refractivity contribution in [3.63, 3.8) is 0 Å². The van der Waals surface area contributed by atoms with Gasteiger partial charge in [-0.15, -0.1) is 0 Å². The molecule has 1 N–H and O–H groups in total. The fraction of sp³-hybridized carbons (Fsp3) is 0.286. The Labute approximate surface area is 112 Å². The lowest BCUT2D eigenvalue weighted by atomic mass is 10.2.